The Morgan fingerprint density at radius 2 is 2.06 bits per heavy atom. The van der Waals surface area contributed by atoms with Crippen molar-refractivity contribution in [3.05, 3.63) is 11.1 Å². The van der Waals surface area contributed by atoms with E-state index in [1.54, 1.807) is 6.20 Å². The molecule has 1 aromatic heterocycles. The number of anilines is 1. The van der Waals surface area contributed by atoms with E-state index in [0.29, 0.717) is 35.6 Å². The number of thiazole rings is 1. The van der Waals surface area contributed by atoms with Gasteiger partial charge in [-0.15, -0.1) is 0 Å². The van der Waals surface area contributed by atoms with Crippen molar-refractivity contribution in [1.29, 1.82) is 0 Å². The van der Waals surface area contributed by atoms with Crippen molar-refractivity contribution in [3.8, 4) is 0 Å². The first kappa shape index (κ1) is 27.2. The molecule has 0 radical (unpaired) electrons. The zero-order valence-electron chi connectivity index (χ0n) is 21.2. The molecule has 9 nitrogen and oxygen atoms in total. The molecule has 3 fully saturated rings. The highest BCUT2D eigenvalue weighted by atomic mass is 32.1. The third-order valence-corrected chi connectivity index (χ3v) is 8.65. The molecule has 3 aliphatic rings. The maximum atomic E-state index is 14.3. The molecule has 0 spiro atoms. The van der Waals surface area contributed by atoms with Crippen molar-refractivity contribution >= 4 is 28.4 Å². The van der Waals surface area contributed by atoms with Gasteiger partial charge in [0.15, 0.2) is 5.13 Å². The van der Waals surface area contributed by atoms with Gasteiger partial charge >= 0.3 is 6.03 Å². The number of carbonyl (C=O) groups is 2. The lowest BCUT2D eigenvalue weighted by Gasteiger charge is -2.43. The van der Waals surface area contributed by atoms with Crippen molar-refractivity contribution in [2.45, 2.75) is 76.6 Å². The lowest BCUT2D eigenvalue weighted by Crippen LogP contribution is -2.59. The van der Waals surface area contributed by atoms with Crippen LogP contribution in [0.5, 0.6) is 0 Å². The summed E-state index contributed by atoms with van der Waals surface area (Å²) in [7, 11) is 0. The molecule has 0 aromatic carbocycles. The maximum absolute atomic E-state index is 14.3. The van der Waals surface area contributed by atoms with Crippen molar-refractivity contribution in [1.82, 2.24) is 20.1 Å². The highest BCUT2D eigenvalue weighted by Crippen LogP contribution is 2.35. The van der Waals surface area contributed by atoms with Crippen LogP contribution in [-0.4, -0.2) is 83.6 Å². The van der Waals surface area contributed by atoms with Crippen molar-refractivity contribution in [2.75, 3.05) is 38.1 Å². The summed E-state index contributed by atoms with van der Waals surface area (Å²) in [6, 6.07) is -1.74. The SMILES string of the molecule is CC1CCC([C@H](N)C(=O)Nc2ncc(C(CN3C[C@@H](C)OC[C@H]3C)N3CC(F)(F)CNC3=O)s2)CC1. The summed E-state index contributed by atoms with van der Waals surface area (Å²) in [5.41, 5.74) is 6.27. The van der Waals surface area contributed by atoms with Crippen LogP contribution in [0, 0.1) is 11.8 Å². The molecule has 1 aliphatic carbocycles. The summed E-state index contributed by atoms with van der Waals surface area (Å²) >= 11 is 1.20. The first-order chi connectivity index (χ1) is 17.0. The van der Waals surface area contributed by atoms with Crippen LogP contribution in [0.4, 0.5) is 18.7 Å². The van der Waals surface area contributed by atoms with E-state index in [1.165, 1.54) is 16.2 Å². The Kier molecular flexibility index (Phi) is 8.48. The summed E-state index contributed by atoms with van der Waals surface area (Å²) in [5, 5.41) is 5.49. The molecule has 1 saturated carbocycles. The summed E-state index contributed by atoms with van der Waals surface area (Å²) in [6.07, 6.45) is 5.54. The molecule has 1 unspecified atom stereocenters. The van der Waals surface area contributed by atoms with Crippen molar-refractivity contribution < 1.29 is 23.1 Å². The number of nitrogens with zero attached hydrogens (tertiary/aromatic N) is 3. The number of hydrogen-bond donors (Lipinski definition) is 3. The maximum Gasteiger partial charge on any atom is 0.318 e. The summed E-state index contributed by atoms with van der Waals surface area (Å²) in [6.45, 7) is 6.34. The average molecular weight is 529 g/mol. The van der Waals surface area contributed by atoms with Crippen molar-refractivity contribution in [3.63, 3.8) is 0 Å². The molecule has 1 aromatic rings. The van der Waals surface area contributed by atoms with Crippen LogP contribution in [0.3, 0.4) is 0 Å². The second-order valence-corrected chi connectivity index (χ2v) is 11.8. The highest BCUT2D eigenvalue weighted by Gasteiger charge is 2.43. The van der Waals surface area contributed by atoms with Crippen LogP contribution in [0.2, 0.25) is 0 Å². The molecule has 0 bridgehead atoms. The van der Waals surface area contributed by atoms with Crippen LogP contribution in [0.15, 0.2) is 6.20 Å². The van der Waals surface area contributed by atoms with Crippen LogP contribution in [-0.2, 0) is 9.53 Å². The molecule has 4 rings (SSSR count). The number of halogens is 2. The highest BCUT2D eigenvalue weighted by molar-refractivity contribution is 7.15. The van der Waals surface area contributed by atoms with E-state index in [9.17, 15) is 18.4 Å². The monoisotopic (exact) mass is 528 g/mol. The van der Waals surface area contributed by atoms with Gasteiger partial charge in [-0.2, -0.15) is 0 Å². The fraction of sp³-hybridized carbons (Fsp3) is 0.792. The standard InChI is InChI=1S/C24H38F2N6O3S/c1-14-4-6-17(7-5-14)20(27)21(33)30-22-28-8-19(36-22)18(10-31-9-16(3)35-11-15(31)2)32-13-24(25,26)12-29-23(32)34/h8,14-18,20H,4-7,9-13,27H2,1-3H3,(H,29,34)(H,28,30,33)/t14?,15-,16-,17?,18?,20+/m1/s1. The number of urea groups is 1. The summed E-state index contributed by atoms with van der Waals surface area (Å²) in [4.78, 5) is 33.8. The normalized spacial score (nSPS) is 30.9. The van der Waals surface area contributed by atoms with Gasteiger partial charge in [0.25, 0.3) is 5.92 Å². The molecule has 36 heavy (non-hydrogen) atoms. The van der Waals surface area contributed by atoms with E-state index >= 15 is 0 Å². The molecular weight excluding hydrogens is 490 g/mol. The minimum absolute atomic E-state index is 0.000884. The van der Waals surface area contributed by atoms with Gasteiger partial charge in [0, 0.05) is 25.3 Å². The predicted octanol–water partition coefficient (Wildman–Crippen LogP) is 3.05. The van der Waals surface area contributed by atoms with E-state index in [4.69, 9.17) is 10.5 Å². The van der Waals surface area contributed by atoms with E-state index in [2.05, 4.69) is 27.4 Å². The van der Waals surface area contributed by atoms with Gasteiger partial charge in [-0.05, 0) is 38.5 Å². The van der Waals surface area contributed by atoms with Gasteiger partial charge in [0.1, 0.15) is 0 Å². The van der Waals surface area contributed by atoms with Gasteiger partial charge in [-0.1, -0.05) is 31.1 Å². The zero-order valence-corrected chi connectivity index (χ0v) is 22.0. The molecular formula is C24H38F2N6O3S. The summed E-state index contributed by atoms with van der Waals surface area (Å²) in [5.74, 6) is -2.53. The van der Waals surface area contributed by atoms with E-state index in [-0.39, 0.29) is 24.0 Å². The molecule has 12 heteroatoms. The quantitative estimate of drug-likeness (QED) is 0.502. The fourth-order valence-electron chi connectivity index (χ4n) is 5.27. The van der Waals surface area contributed by atoms with Crippen LogP contribution in [0.25, 0.3) is 0 Å². The van der Waals surface area contributed by atoms with E-state index in [0.717, 1.165) is 25.7 Å². The number of amides is 3. The van der Waals surface area contributed by atoms with Gasteiger partial charge in [0.05, 0.1) is 42.8 Å². The molecule has 4 N–H and O–H groups in total. The number of rotatable bonds is 7. The molecule has 2 aliphatic heterocycles. The van der Waals surface area contributed by atoms with Gasteiger partial charge in [-0.3, -0.25) is 9.69 Å². The largest absolute Gasteiger partial charge is 0.376 e. The lowest BCUT2D eigenvalue weighted by atomic mass is 9.79. The van der Waals surface area contributed by atoms with E-state index in [1.807, 2.05) is 13.8 Å². The first-order valence-corrected chi connectivity index (χ1v) is 13.6. The Balaban J connectivity index is 1.50. The number of ether oxygens (including phenoxy) is 1. The Hall–Kier alpha value is -1.89. The molecule has 4 atom stereocenters. The number of morpholine rings is 1. The third-order valence-electron chi connectivity index (χ3n) is 7.63. The number of nitrogens with two attached hydrogens (primary N) is 1. The second kappa shape index (κ2) is 11.2. The number of hydrogen-bond acceptors (Lipinski definition) is 7. The fourth-order valence-corrected chi connectivity index (χ4v) is 6.20. The zero-order chi connectivity index (χ0) is 26.0. The van der Waals surface area contributed by atoms with Crippen LogP contribution < -0.4 is 16.4 Å². The number of aromatic nitrogens is 1. The molecule has 202 valence electrons. The second-order valence-electron chi connectivity index (χ2n) is 10.7. The Labute approximate surface area is 215 Å². The smallest absolute Gasteiger partial charge is 0.318 e. The van der Waals surface area contributed by atoms with Gasteiger partial charge in [0.2, 0.25) is 5.91 Å². The topological polar surface area (TPSA) is 113 Å². The Morgan fingerprint density at radius 1 is 1.33 bits per heavy atom. The van der Waals surface area contributed by atoms with E-state index < -0.39 is 37.1 Å². The number of carbonyl (C=O) groups excluding carboxylic acids is 2. The van der Waals surface area contributed by atoms with Crippen LogP contribution >= 0.6 is 11.3 Å². The lowest BCUT2D eigenvalue weighted by molar-refractivity contribution is -0.118. The summed E-state index contributed by atoms with van der Waals surface area (Å²) < 4.78 is 34.3. The molecule has 3 heterocycles. The minimum Gasteiger partial charge on any atom is -0.376 e. The average Bonchev–Trinajstić information content (AvgIpc) is 3.29. The number of alkyl halides is 2. The third kappa shape index (κ3) is 6.51. The number of nitrogens with one attached hydrogen (secondary N) is 2. The molecule has 2 saturated heterocycles. The Morgan fingerprint density at radius 3 is 2.78 bits per heavy atom. The predicted molar refractivity (Wildman–Crippen MR) is 134 cm³/mol. The molecule has 3 amide bonds. The van der Waals surface area contributed by atoms with Gasteiger partial charge < -0.3 is 26.0 Å². The van der Waals surface area contributed by atoms with Crippen LogP contribution in [0.1, 0.15) is 57.4 Å². The Bertz CT molecular complexity index is 925. The van der Waals surface area contributed by atoms with Gasteiger partial charge in [-0.25, -0.2) is 18.6 Å². The first-order valence-electron chi connectivity index (χ1n) is 12.8. The minimum atomic E-state index is -3.04. The van der Waals surface area contributed by atoms with Crippen molar-refractivity contribution in [2.24, 2.45) is 17.6 Å².